The summed E-state index contributed by atoms with van der Waals surface area (Å²) in [5.41, 5.74) is 2.23. The van der Waals surface area contributed by atoms with E-state index in [4.69, 9.17) is 10.4 Å². The van der Waals surface area contributed by atoms with Crippen molar-refractivity contribution in [1.82, 2.24) is 14.5 Å². The molecular weight excluding hydrogens is 248 g/mol. The zero-order valence-electron chi connectivity index (χ0n) is 9.87. The van der Waals surface area contributed by atoms with Crippen molar-refractivity contribution in [2.24, 2.45) is 7.05 Å². The Morgan fingerprint density at radius 3 is 3.00 bits per heavy atom. The first-order chi connectivity index (χ1) is 8.74. The standard InChI is InChI=1S/C12H12N4OS/c1-16-11(7-17)6-15-12(16)18-8-9-2-3-14-10(4-9)5-13/h2-4,6,17H,7-8H2,1H3. The van der Waals surface area contributed by atoms with Crippen LogP contribution in [0.4, 0.5) is 0 Å². The number of rotatable bonds is 4. The first-order valence-electron chi connectivity index (χ1n) is 5.34. The summed E-state index contributed by atoms with van der Waals surface area (Å²) >= 11 is 1.56. The van der Waals surface area contributed by atoms with Crippen LogP contribution in [0.5, 0.6) is 0 Å². The molecule has 92 valence electrons. The van der Waals surface area contributed by atoms with Gasteiger partial charge in [0.2, 0.25) is 0 Å². The lowest BCUT2D eigenvalue weighted by atomic mass is 10.2. The summed E-state index contributed by atoms with van der Waals surface area (Å²) in [6, 6.07) is 5.66. The summed E-state index contributed by atoms with van der Waals surface area (Å²) < 4.78 is 1.86. The topological polar surface area (TPSA) is 74.7 Å². The van der Waals surface area contributed by atoms with Crippen molar-refractivity contribution in [3.8, 4) is 6.07 Å². The fraction of sp³-hybridized carbons (Fsp3) is 0.250. The van der Waals surface area contributed by atoms with E-state index in [9.17, 15) is 0 Å². The molecule has 2 aromatic rings. The molecule has 0 atom stereocenters. The molecule has 2 rings (SSSR count). The van der Waals surface area contributed by atoms with Gasteiger partial charge in [-0.05, 0) is 17.7 Å². The van der Waals surface area contributed by atoms with Gasteiger partial charge < -0.3 is 9.67 Å². The number of thioether (sulfide) groups is 1. The largest absolute Gasteiger partial charge is 0.390 e. The number of hydrogen-bond acceptors (Lipinski definition) is 5. The van der Waals surface area contributed by atoms with Crippen LogP contribution in [0.15, 0.2) is 29.7 Å². The summed E-state index contributed by atoms with van der Waals surface area (Å²) in [7, 11) is 1.87. The molecular formula is C12H12N4OS. The van der Waals surface area contributed by atoms with Crippen LogP contribution >= 0.6 is 11.8 Å². The lowest BCUT2D eigenvalue weighted by Gasteiger charge is -2.04. The van der Waals surface area contributed by atoms with Gasteiger partial charge in [-0.1, -0.05) is 11.8 Å². The second kappa shape index (κ2) is 5.67. The number of aliphatic hydroxyl groups excluding tert-OH is 1. The molecule has 0 aliphatic heterocycles. The molecule has 18 heavy (non-hydrogen) atoms. The number of nitriles is 1. The molecule has 0 saturated carbocycles. The summed E-state index contributed by atoms with van der Waals surface area (Å²) in [6.07, 6.45) is 3.29. The third kappa shape index (κ3) is 2.70. The Kier molecular flexibility index (Phi) is 3.97. The molecule has 2 heterocycles. The summed E-state index contributed by atoms with van der Waals surface area (Å²) in [6.45, 7) is -0.0160. The fourth-order valence-electron chi connectivity index (χ4n) is 1.48. The van der Waals surface area contributed by atoms with Gasteiger partial charge in [-0.2, -0.15) is 5.26 Å². The first kappa shape index (κ1) is 12.6. The van der Waals surface area contributed by atoms with Crippen molar-refractivity contribution in [1.29, 1.82) is 5.26 Å². The molecule has 5 nitrogen and oxygen atoms in total. The number of pyridine rings is 1. The van der Waals surface area contributed by atoms with Gasteiger partial charge in [-0.3, -0.25) is 0 Å². The highest BCUT2D eigenvalue weighted by Gasteiger charge is 2.06. The summed E-state index contributed by atoms with van der Waals surface area (Å²) in [5, 5.41) is 18.7. The van der Waals surface area contributed by atoms with E-state index in [0.717, 1.165) is 16.4 Å². The molecule has 2 aromatic heterocycles. The van der Waals surface area contributed by atoms with Crippen LogP contribution < -0.4 is 0 Å². The van der Waals surface area contributed by atoms with E-state index in [1.165, 1.54) is 0 Å². The minimum Gasteiger partial charge on any atom is -0.390 e. The Bertz CT molecular complexity index is 588. The molecule has 1 N–H and O–H groups in total. The van der Waals surface area contributed by atoms with Gasteiger partial charge in [0, 0.05) is 19.0 Å². The maximum atomic E-state index is 9.07. The van der Waals surface area contributed by atoms with Crippen molar-refractivity contribution in [3.63, 3.8) is 0 Å². The Hall–Kier alpha value is -1.84. The Balaban J connectivity index is 2.07. The summed E-state index contributed by atoms with van der Waals surface area (Å²) in [5.74, 6) is 0.715. The predicted molar refractivity (Wildman–Crippen MR) is 67.6 cm³/mol. The molecule has 0 spiro atoms. The Labute approximate surface area is 109 Å². The van der Waals surface area contributed by atoms with Crippen molar-refractivity contribution < 1.29 is 5.11 Å². The SMILES string of the molecule is Cn1c(CO)cnc1SCc1ccnc(C#N)c1. The molecule has 0 aliphatic rings. The molecule has 0 saturated heterocycles. The van der Waals surface area contributed by atoms with Crippen LogP contribution in [0.1, 0.15) is 17.0 Å². The van der Waals surface area contributed by atoms with E-state index in [-0.39, 0.29) is 6.61 Å². The monoisotopic (exact) mass is 260 g/mol. The van der Waals surface area contributed by atoms with Crippen LogP contribution in [0.2, 0.25) is 0 Å². The number of imidazole rings is 1. The molecule has 0 aliphatic carbocycles. The van der Waals surface area contributed by atoms with E-state index < -0.39 is 0 Å². The molecule has 0 unspecified atom stereocenters. The van der Waals surface area contributed by atoms with Gasteiger partial charge in [-0.25, -0.2) is 9.97 Å². The number of hydrogen-bond donors (Lipinski definition) is 1. The lowest BCUT2D eigenvalue weighted by molar-refractivity contribution is 0.271. The molecule has 0 fully saturated rings. The number of nitrogens with zero attached hydrogens (tertiary/aromatic N) is 4. The highest BCUT2D eigenvalue weighted by Crippen LogP contribution is 2.22. The van der Waals surface area contributed by atoms with E-state index in [2.05, 4.69) is 9.97 Å². The average Bonchev–Trinajstić information content (AvgIpc) is 2.77. The third-order valence-electron chi connectivity index (χ3n) is 2.51. The smallest absolute Gasteiger partial charge is 0.168 e. The Morgan fingerprint density at radius 2 is 2.33 bits per heavy atom. The molecule has 6 heteroatoms. The van der Waals surface area contributed by atoms with Crippen LogP contribution in [-0.2, 0) is 19.4 Å². The number of aromatic nitrogens is 3. The van der Waals surface area contributed by atoms with Gasteiger partial charge in [-0.15, -0.1) is 0 Å². The van der Waals surface area contributed by atoms with Crippen LogP contribution in [-0.4, -0.2) is 19.6 Å². The highest BCUT2D eigenvalue weighted by molar-refractivity contribution is 7.98. The van der Waals surface area contributed by atoms with Crippen molar-refractivity contribution in [2.45, 2.75) is 17.5 Å². The van der Waals surface area contributed by atoms with E-state index in [0.29, 0.717) is 11.4 Å². The lowest BCUT2D eigenvalue weighted by Crippen LogP contribution is -1.97. The number of aliphatic hydroxyl groups is 1. The van der Waals surface area contributed by atoms with Crippen molar-refractivity contribution in [3.05, 3.63) is 41.5 Å². The first-order valence-corrected chi connectivity index (χ1v) is 6.32. The average molecular weight is 260 g/mol. The van der Waals surface area contributed by atoms with E-state index in [1.807, 2.05) is 23.8 Å². The van der Waals surface area contributed by atoms with Gasteiger partial charge in [0.25, 0.3) is 0 Å². The normalized spacial score (nSPS) is 10.3. The molecule has 0 amide bonds. The summed E-state index contributed by atoms with van der Waals surface area (Å²) in [4.78, 5) is 8.15. The zero-order valence-corrected chi connectivity index (χ0v) is 10.7. The second-order valence-electron chi connectivity index (χ2n) is 3.70. The molecule has 0 aromatic carbocycles. The molecule has 0 bridgehead atoms. The highest BCUT2D eigenvalue weighted by atomic mass is 32.2. The van der Waals surface area contributed by atoms with Crippen molar-refractivity contribution >= 4 is 11.8 Å². The third-order valence-corrected chi connectivity index (χ3v) is 3.63. The minimum atomic E-state index is -0.0160. The quantitative estimate of drug-likeness (QED) is 0.843. The van der Waals surface area contributed by atoms with Gasteiger partial charge in [0.1, 0.15) is 11.8 Å². The fourth-order valence-corrected chi connectivity index (χ4v) is 2.39. The molecule has 0 radical (unpaired) electrons. The van der Waals surface area contributed by atoms with Crippen LogP contribution in [0, 0.1) is 11.3 Å². The Morgan fingerprint density at radius 1 is 1.50 bits per heavy atom. The van der Waals surface area contributed by atoms with E-state index >= 15 is 0 Å². The maximum Gasteiger partial charge on any atom is 0.168 e. The minimum absolute atomic E-state index is 0.0160. The van der Waals surface area contributed by atoms with Crippen LogP contribution in [0.3, 0.4) is 0 Å². The predicted octanol–water partition coefficient (Wildman–Crippen LogP) is 1.47. The van der Waals surface area contributed by atoms with Gasteiger partial charge >= 0.3 is 0 Å². The van der Waals surface area contributed by atoms with Crippen molar-refractivity contribution in [2.75, 3.05) is 0 Å². The van der Waals surface area contributed by atoms with Gasteiger partial charge in [0.15, 0.2) is 5.16 Å². The maximum absolute atomic E-state index is 9.07. The zero-order chi connectivity index (χ0) is 13.0. The van der Waals surface area contributed by atoms with Crippen LogP contribution in [0.25, 0.3) is 0 Å². The second-order valence-corrected chi connectivity index (χ2v) is 4.64. The van der Waals surface area contributed by atoms with E-state index in [1.54, 1.807) is 30.2 Å². The van der Waals surface area contributed by atoms with Gasteiger partial charge in [0.05, 0.1) is 18.5 Å².